The second-order valence-electron chi connectivity index (χ2n) is 6.12. The summed E-state index contributed by atoms with van der Waals surface area (Å²) in [6, 6.07) is 1.59. The number of aromatic nitrogens is 4. The topological polar surface area (TPSA) is 117 Å². The number of carbonyl (C=O) groups excluding carboxylic acids is 2. The molecule has 0 bridgehead atoms. The van der Waals surface area contributed by atoms with Gasteiger partial charge in [0.1, 0.15) is 5.00 Å². The molecule has 0 saturated heterocycles. The summed E-state index contributed by atoms with van der Waals surface area (Å²) in [7, 11) is 4.24. The van der Waals surface area contributed by atoms with Crippen molar-refractivity contribution in [2.75, 3.05) is 12.4 Å². The molecule has 3 aromatic rings. The average molecular weight is 405 g/mol. The average Bonchev–Trinajstić information content (AvgIpc) is 3.31. The van der Waals surface area contributed by atoms with Crippen LogP contribution in [0.25, 0.3) is 11.2 Å². The number of imidazole rings is 1. The number of rotatable bonds is 6. The molecule has 0 aliphatic carbocycles. The number of esters is 1. The largest absolute Gasteiger partial charge is 0.465 e. The summed E-state index contributed by atoms with van der Waals surface area (Å²) >= 11 is 1.24. The van der Waals surface area contributed by atoms with E-state index in [1.165, 1.54) is 36.4 Å². The van der Waals surface area contributed by atoms with Crippen LogP contribution in [0.5, 0.6) is 0 Å². The molecule has 0 fully saturated rings. The molecule has 3 rings (SSSR count). The van der Waals surface area contributed by atoms with Gasteiger partial charge in [-0.05, 0) is 17.9 Å². The van der Waals surface area contributed by atoms with Crippen LogP contribution in [0.4, 0.5) is 5.00 Å². The van der Waals surface area contributed by atoms with Crippen LogP contribution in [-0.2, 0) is 30.2 Å². The van der Waals surface area contributed by atoms with Gasteiger partial charge in [-0.25, -0.2) is 14.6 Å². The van der Waals surface area contributed by atoms with Crippen molar-refractivity contribution in [2.45, 2.75) is 19.4 Å². The number of hydrogen-bond donors (Lipinski definition) is 1. The molecule has 1 amide bonds. The molecule has 3 heterocycles. The van der Waals surface area contributed by atoms with Gasteiger partial charge in [-0.3, -0.25) is 18.7 Å². The second kappa shape index (κ2) is 7.80. The Balaban J connectivity index is 1.68. The molecule has 0 aromatic carbocycles. The van der Waals surface area contributed by atoms with Crippen LogP contribution in [0.1, 0.15) is 23.2 Å². The van der Waals surface area contributed by atoms with E-state index in [0.29, 0.717) is 34.7 Å². The summed E-state index contributed by atoms with van der Waals surface area (Å²) in [6.45, 7) is 0.381. The van der Waals surface area contributed by atoms with Crippen molar-refractivity contribution in [1.29, 1.82) is 0 Å². The van der Waals surface area contributed by atoms with E-state index < -0.39 is 17.2 Å². The summed E-state index contributed by atoms with van der Waals surface area (Å²) < 4.78 is 8.65. The first-order chi connectivity index (χ1) is 13.3. The maximum absolute atomic E-state index is 12.4. The van der Waals surface area contributed by atoms with Gasteiger partial charge >= 0.3 is 11.7 Å². The van der Waals surface area contributed by atoms with Crippen LogP contribution in [0.3, 0.4) is 0 Å². The number of aryl methyl sites for hydroxylation is 2. The highest BCUT2D eigenvalue weighted by Crippen LogP contribution is 2.24. The van der Waals surface area contributed by atoms with Crippen molar-refractivity contribution >= 4 is 39.4 Å². The van der Waals surface area contributed by atoms with Gasteiger partial charge in [0.05, 0.1) is 19.0 Å². The first-order valence-electron chi connectivity index (χ1n) is 8.41. The van der Waals surface area contributed by atoms with E-state index in [2.05, 4.69) is 15.0 Å². The highest BCUT2D eigenvalue weighted by molar-refractivity contribution is 7.14. The van der Waals surface area contributed by atoms with Crippen molar-refractivity contribution in [1.82, 2.24) is 18.7 Å². The summed E-state index contributed by atoms with van der Waals surface area (Å²) in [6.07, 6.45) is 2.12. The predicted octanol–water partition coefficient (Wildman–Crippen LogP) is 0.701. The SMILES string of the molecule is COC(=O)c1ccsc1NC(=O)CCCn1cnc2c1c(=O)n(C)c(=O)n2C. The molecule has 0 aliphatic heterocycles. The number of hydrogen-bond acceptors (Lipinski definition) is 7. The van der Waals surface area contributed by atoms with E-state index in [9.17, 15) is 19.2 Å². The van der Waals surface area contributed by atoms with Crippen molar-refractivity contribution in [2.24, 2.45) is 14.1 Å². The highest BCUT2D eigenvalue weighted by atomic mass is 32.1. The lowest BCUT2D eigenvalue weighted by molar-refractivity contribution is -0.116. The van der Waals surface area contributed by atoms with Crippen LogP contribution in [0, 0.1) is 0 Å². The quantitative estimate of drug-likeness (QED) is 0.604. The summed E-state index contributed by atoms with van der Waals surface area (Å²) in [5.74, 6) is -0.764. The van der Waals surface area contributed by atoms with Crippen molar-refractivity contribution < 1.29 is 14.3 Å². The van der Waals surface area contributed by atoms with Crippen molar-refractivity contribution in [3.63, 3.8) is 0 Å². The van der Waals surface area contributed by atoms with Crippen LogP contribution in [-0.4, -0.2) is 37.7 Å². The first kappa shape index (κ1) is 19.5. The highest BCUT2D eigenvalue weighted by Gasteiger charge is 2.16. The fraction of sp³-hybridized carbons (Fsp3) is 0.353. The standard InChI is InChI=1S/C17H19N5O5S/c1-20-13-12(15(24)21(2)17(20)26)22(9-18-13)7-4-5-11(23)19-14-10(6-8-28-14)16(25)27-3/h6,8-9H,4-5,7H2,1-3H3,(H,19,23). The molecule has 1 N–H and O–H groups in total. The smallest absolute Gasteiger partial charge is 0.340 e. The summed E-state index contributed by atoms with van der Waals surface area (Å²) in [5, 5.41) is 4.84. The number of methoxy groups -OCH3 is 1. The van der Waals surface area contributed by atoms with E-state index >= 15 is 0 Å². The number of anilines is 1. The van der Waals surface area contributed by atoms with Gasteiger partial charge in [-0.2, -0.15) is 0 Å². The molecular formula is C17H19N5O5S. The lowest BCUT2D eigenvalue weighted by Gasteiger charge is -2.07. The lowest BCUT2D eigenvalue weighted by Crippen LogP contribution is -2.37. The Morgan fingerprint density at radius 2 is 2.00 bits per heavy atom. The van der Waals surface area contributed by atoms with E-state index in [0.717, 1.165) is 4.57 Å². The first-order valence-corrected chi connectivity index (χ1v) is 9.29. The fourth-order valence-electron chi connectivity index (χ4n) is 2.84. The third-order valence-electron chi connectivity index (χ3n) is 4.34. The Morgan fingerprint density at radius 3 is 2.71 bits per heavy atom. The zero-order chi connectivity index (χ0) is 20.4. The van der Waals surface area contributed by atoms with Gasteiger partial charge in [-0.15, -0.1) is 11.3 Å². The zero-order valence-corrected chi connectivity index (χ0v) is 16.4. The zero-order valence-electron chi connectivity index (χ0n) is 15.6. The molecule has 0 atom stereocenters. The van der Waals surface area contributed by atoms with E-state index in [-0.39, 0.29) is 12.3 Å². The second-order valence-corrected chi connectivity index (χ2v) is 7.04. The summed E-state index contributed by atoms with van der Waals surface area (Å²) in [4.78, 5) is 52.3. The van der Waals surface area contributed by atoms with Crippen LogP contribution >= 0.6 is 11.3 Å². The molecule has 0 unspecified atom stereocenters. The lowest BCUT2D eigenvalue weighted by atomic mass is 10.2. The van der Waals surface area contributed by atoms with Gasteiger partial charge in [0.15, 0.2) is 11.2 Å². The van der Waals surface area contributed by atoms with Gasteiger partial charge in [0.25, 0.3) is 5.56 Å². The van der Waals surface area contributed by atoms with Crippen molar-refractivity contribution in [3.05, 3.63) is 44.2 Å². The number of ether oxygens (including phenoxy) is 1. The fourth-order valence-corrected chi connectivity index (χ4v) is 3.63. The number of fused-ring (bicyclic) bond motifs is 1. The third-order valence-corrected chi connectivity index (χ3v) is 5.17. The Kier molecular flexibility index (Phi) is 5.45. The maximum Gasteiger partial charge on any atom is 0.340 e. The Hall–Kier alpha value is -3.21. The molecule has 0 radical (unpaired) electrons. The minimum atomic E-state index is -0.511. The predicted molar refractivity (Wildman–Crippen MR) is 104 cm³/mol. The number of nitrogens with zero attached hydrogens (tertiary/aromatic N) is 4. The Labute approximate surface area is 163 Å². The molecule has 3 aromatic heterocycles. The molecule has 148 valence electrons. The van der Waals surface area contributed by atoms with Gasteiger partial charge < -0.3 is 14.6 Å². The molecule has 11 heteroatoms. The molecule has 0 spiro atoms. The van der Waals surface area contributed by atoms with Crippen LogP contribution < -0.4 is 16.6 Å². The Bertz CT molecular complexity index is 1170. The van der Waals surface area contributed by atoms with Gasteiger partial charge in [0.2, 0.25) is 5.91 Å². The molecule has 0 saturated carbocycles. The van der Waals surface area contributed by atoms with Crippen LogP contribution in [0.15, 0.2) is 27.4 Å². The summed E-state index contributed by atoms with van der Waals surface area (Å²) in [5.41, 5.74) is 0.0572. The number of carbonyl (C=O) groups is 2. The van der Waals surface area contributed by atoms with E-state index in [1.807, 2.05) is 0 Å². The number of nitrogens with one attached hydrogen (secondary N) is 1. The Morgan fingerprint density at radius 1 is 1.25 bits per heavy atom. The minimum Gasteiger partial charge on any atom is -0.465 e. The molecule has 10 nitrogen and oxygen atoms in total. The van der Waals surface area contributed by atoms with Crippen LogP contribution in [0.2, 0.25) is 0 Å². The number of thiophene rings is 1. The van der Waals surface area contributed by atoms with Crippen molar-refractivity contribution in [3.8, 4) is 0 Å². The molecule has 28 heavy (non-hydrogen) atoms. The monoisotopic (exact) mass is 405 g/mol. The minimum absolute atomic E-state index is 0.185. The van der Waals surface area contributed by atoms with E-state index in [1.54, 1.807) is 23.1 Å². The maximum atomic E-state index is 12.4. The number of amides is 1. The third kappa shape index (κ3) is 3.48. The normalized spacial score (nSPS) is 11.0. The van der Waals surface area contributed by atoms with Gasteiger partial charge in [-0.1, -0.05) is 0 Å². The van der Waals surface area contributed by atoms with E-state index in [4.69, 9.17) is 0 Å². The van der Waals surface area contributed by atoms with Gasteiger partial charge in [0, 0.05) is 27.1 Å². The molecule has 0 aliphatic rings. The molecular weight excluding hydrogens is 386 g/mol.